The van der Waals surface area contributed by atoms with Gasteiger partial charge in [-0.1, -0.05) is 31.9 Å². The average Bonchev–Trinajstić information content (AvgIpc) is 2.95. The van der Waals surface area contributed by atoms with E-state index in [1.165, 1.54) is 22.2 Å². The Morgan fingerprint density at radius 2 is 2.00 bits per heavy atom. The van der Waals surface area contributed by atoms with E-state index in [4.69, 9.17) is 4.74 Å². The number of halogens is 2. The van der Waals surface area contributed by atoms with Crippen molar-refractivity contribution in [3.05, 3.63) is 62.2 Å². The smallest absolute Gasteiger partial charge is 0.119 e. The lowest BCUT2D eigenvalue weighted by Crippen LogP contribution is -2.30. The lowest BCUT2D eigenvalue weighted by atomic mass is 9.94. The van der Waals surface area contributed by atoms with Gasteiger partial charge in [0.05, 0.1) is 13.2 Å². The largest absolute Gasteiger partial charge is 0.497 e. The third kappa shape index (κ3) is 2.61. The molecule has 0 spiro atoms. The monoisotopic (exact) mass is 434 g/mol. The molecular weight excluding hydrogens is 420 g/mol. The number of rotatable bonds is 2. The van der Waals surface area contributed by atoms with Crippen molar-refractivity contribution in [2.75, 3.05) is 13.7 Å². The predicted molar refractivity (Wildman–Crippen MR) is 100 cm³/mol. The molecule has 2 aromatic carbocycles. The van der Waals surface area contributed by atoms with E-state index in [1.807, 2.05) is 12.1 Å². The number of fused-ring (bicyclic) bond motifs is 3. The van der Waals surface area contributed by atoms with Crippen molar-refractivity contribution in [2.45, 2.75) is 12.5 Å². The van der Waals surface area contributed by atoms with Crippen LogP contribution in [0.5, 0.6) is 5.75 Å². The summed E-state index contributed by atoms with van der Waals surface area (Å²) in [4.78, 5) is 3.61. The number of hydrogen-bond acceptors (Lipinski definition) is 2. The highest BCUT2D eigenvalue weighted by molar-refractivity contribution is 9.11. The van der Waals surface area contributed by atoms with Crippen molar-refractivity contribution < 1.29 is 4.74 Å². The molecule has 0 saturated carbocycles. The van der Waals surface area contributed by atoms with Gasteiger partial charge < -0.3 is 15.0 Å². The van der Waals surface area contributed by atoms with Crippen LogP contribution >= 0.6 is 31.9 Å². The molecule has 118 valence electrons. The van der Waals surface area contributed by atoms with Crippen LogP contribution in [0.3, 0.4) is 0 Å². The van der Waals surface area contributed by atoms with Crippen LogP contribution in [0.4, 0.5) is 0 Å². The van der Waals surface area contributed by atoms with Crippen molar-refractivity contribution in [1.29, 1.82) is 0 Å². The summed E-state index contributed by atoms with van der Waals surface area (Å²) in [5.74, 6) is 0.901. The van der Waals surface area contributed by atoms with Crippen LogP contribution in [0.1, 0.15) is 22.9 Å². The maximum atomic E-state index is 5.39. The Hall–Kier alpha value is -1.30. The molecule has 5 heteroatoms. The molecule has 1 atom stereocenters. The molecule has 3 aromatic rings. The van der Waals surface area contributed by atoms with Gasteiger partial charge in [-0.25, -0.2) is 0 Å². The minimum Gasteiger partial charge on any atom is -0.497 e. The molecule has 0 amide bonds. The Labute approximate surface area is 151 Å². The van der Waals surface area contributed by atoms with Crippen LogP contribution in [0.2, 0.25) is 0 Å². The van der Waals surface area contributed by atoms with Crippen molar-refractivity contribution in [3.8, 4) is 5.75 Å². The Morgan fingerprint density at radius 1 is 1.13 bits per heavy atom. The Kier molecular flexibility index (Phi) is 3.95. The van der Waals surface area contributed by atoms with Crippen LogP contribution in [0.15, 0.2) is 45.3 Å². The molecular formula is C18H16Br2N2O. The first kappa shape index (κ1) is 15.2. The second-order valence-corrected chi connectivity index (χ2v) is 7.50. The molecule has 3 nitrogen and oxygen atoms in total. The molecule has 1 aliphatic rings. The second kappa shape index (κ2) is 5.96. The quantitative estimate of drug-likeness (QED) is 0.598. The topological polar surface area (TPSA) is 37.0 Å². The van der Waals surface area contributed by atoms with E-state index in [2.05, 4.69) is 66.4 Å². The van der Waals surface area contributed by atoms with Gasteiger partial charge in [0.25, 0.3) is 0 Å². The number of H-pyrrole nitrogens is 1. The van der Waals surface area contributed by atoms with Gasteiger partial charge in [0.1, 0.15) is 5.75 Å². The zero-order chi connectivity index (χ0) is 16.0. The van der Waals surface area contributed by atoms with Gasteiger partial charge in [-0.15, -0.1) is 0 Å². The van der Waals surface area contributed by atoms with Crippen molar-refractivity contribution in [1.82, 2.24) is 10.3 Å². The number of nitrogens with one attached hydrogen (secondary N) is 2. The minimum absolute atomic E-state index is 0.156. The Bertz CT molecular complexity index is 888. The lowest BCUT2D eigenvalue weighted by Gasteiger charge is -2.26. The van der Waals surface area contributed by atoms with E-state index in [0.29, 0.717) is 0 Å². The van der Waals surface area contributed by atoms with E-state index in [-0.39, 0.29) is 6.04 Å². The summed E-state index contributed by atoms with van der Waals surface area (Å²) in [7, 11) is 1.71. The summed E-state index contributed by atoms with van der Waals surface area (Å²) in [6, 6.07) is 12.7. The molecule has 23 heavy (non-hydrogen) atoms. The summed E-state index contributed by atoms with van der Waals surface area (Å²) >= 11 is 7.27. The molecule has 0 radical (unpaired) electrons. The maximum absolute atomic E-state index is 5.39. The predicted octanol–water partition coefficient (Wildman–Crippen LogP) is 4.94. The number of aromatic amines is 1. The number of ether oxygens (including phenoxy) is 1. The summed E-state index contributed by atoms with van der Waals surface area (Å²) in [6.07, 6.45) is 1.02. The van der Waals surface area contributed by atoms with Crippen LogP contribution in [0.25, 0.3) is 10.9 Å². The highest BCUT2D eigenvalue weighted by Crippen LogP contribution is 2.38. The normalized spacial score (nSPS) is 17.3. The van der Waals surface area contributed by atoms with Gasteiger partial charge in [-0.05, 0) is 53.9 Å². The summed E-state index contributed by atoms with van der Waals surface area (Å²) in [5.41, 5.74) is 5.03. The van der Waals surface area contributed by atoms with E-state index in [1.54, 1.807) is 7.11 Å². The zero-order valence-electron chi connectivity index (χ0n) is 12.6. The minimum atomic E-state index is 0.156. The third-order valence-electron chi connectivity index (χ3n) is 4.43. The first-order chi connectivity index (χ1) is 11.2. The third-order valence-corrected chi connectivity index (χ3v) is 5.64. The molecule has 0 bridgehead atoms. The van der Waals surface area contributed by atoms with Gasteiger partial charge in [-0.2, -0.15) is 0 Å². The first-order valence-corrected chi connectivity index (χ1v) is 9.13. The summed E-state index contributed by atoms with van der Waals surface area (Å²) in [6.45, 7) is 0.959. The molecule has 2 N–H and O–H groups in total. The number of methoxy groups -OCH3 is 1. The number of benzene rings is 2. The maximum Gasteiger partial charge on any atom is 0.119 e. The van der Waals surface area contributed by atoms with Gasteiger partial charge >= 0.3 is 0 Å². The van der Waals surface area contributed by atoms with E-state index in [9.17, 15) is 0 Å². The number of hydrogen-bond donors (Lipinski definition) is 2. The standard InChI is InChI=1S/C18H16Br2N2O/c1-23-11-3-5-16-13(9-11)12-6-7-21-17(18(12)22-16)14-8-10(19)2-4-15(14)20/h2-5,8-9,17,21-22H,6-7H2,1H3. The van der Waals surface area contributed by atoms with Gasteiger partial charge in [0.2, 0.25) is 0 Å². The van der Waals surface area contributed by atoms with Gasteiger partial charge in [-0.3, -0.25) is 0 Å². The molecule has 4 rings (SSSR count). The van der Waals surface area contributed by atoms with Crippen LogP contribution < -0.4 is 10.1 Å². The summed E-state index contributed by atoms with van der Waals surface area (Å²) in [5, 5.41) is 4.90. The molecule has 0 saturated heterocycles. The fraction of sp³-hybridized carbons (Fsp3) is 0.222. The molecule has 0 fully saturated rings. The van der Waals surface area contributed by atoms with Gasteiger partial charge in [0.15, 0.2) is 0 Å². The molecule has 1 aliphatic heterocycles. The fourth-order valence-corrected chi connectivity index (χ4v) is 4.19. The highest BCUT2D eigenvalue weighted by Gasteiger charge is 2.26. The van der Waals surface area contributed by atoms with E-state index in [0.717, 1.165) is 33.2 Å². The van der Waals surface area contributed by atoms with Crippen molar-refractivity contribution >= 4 is 42.8 Å². The van der Waals surface area contributed by atoms with Gasteiger partial charge in [0, 0.05) is 32.1 Å². The highest BCUT2D eigenvalue weighted by atomic mass is 79.9. The second-order valence-electron chi connectivity index (χ2n) is 5.73. The molecule has 1 unspecified atom stereocenters. The van der Waals surface area contributed by atoms with Crippen LogP contribution in [-0.4, -0.2) is 18.6 Å². The van der Waals surface area contributed by atoms with Crippen molar-refractivity contribution in [2.24, 2.45) is 0 Å². The molecule has 0 aliphatic carbocycles. The number of aromatic nitrogens is 1. The van der Waals surface area contributed by atoms with E-state index >= 15 is 0 Å². The fourth-order valence-electron chi connectivity index (χ4n) is 3.34. The molecule has 1 aromatic heterocycles. The SMILES string of the molecule is COc1ccc2[nH]c3c(c2c1)CCNC3c1cc(Br)ccc1Br. The molecule has 2 heterocycles. The lowest BCUT2D eigenvalue weighted by molar-refractivity contribution is 0.415. The Balaban J connectivity index is 1.90. The van der Waals surface area contributed by atoms with Crippen LogP contribution in [-0.2, 0) is 6.42 Å². The first-order valence-electron chi connectivity index (χ1n) is 7.54. The zero-order valence-corrected chi connectivity index (χ0v) is 15.8. The van der Waals surface area contributed by atoms with Crippen LogP contribution in [0, 0.1) is 0 Å². The summed E-state index contributed by atoms with van der Waals surface area (Å²) < 4.78 is 7.58. The Morgan fingerprint density at radius 3 is 2.83 bits per heavy atom. The van der Waals surface area contributed by atoms with E-state index < -0.39 is 0 Å². The average molecular weight is 436 g/mol. The van der Waals surface area contributed by atoms with Crippen molar-refractivity contribution in [3.63, 3.8) is 0 Å².